The Hall–Kier alpha value is -3.59. The zero-order valence-corrected chi connectivity index (χ0v) is 16.8. The maximum absolute atomic E-state index is 12.5. The van der Waals surface area contributed by atoms with Gasteiger partial charge >= 0.3 is 11.1 Å². The first-order valence-corrected chi connectivity index (χ1v) is 9.53. The van der Waals surface area contributed by atoms with E-state index in [4.69, 9.17) is 16.3 Å². The largest absolute Gasteiger partial charge is 0.497 e. The van der Waals surface area contributed by atoms with Gasteiger partial charge < -0.3 is 15.0 Å². The molecule has 0 aliphatic carbocycles. The minimum Gasteiger partial charge on any atom is -0.497 e. The van der Waals surface area contributed by atoms with Gasteiger partial charge in [0.15, 0.2) is 0 Å². The average Bonchev–Trinajstić information content (AvgIpc) is 3.15. The van der Waals surface area contributed by atoms with E-state index < -0.39 is 23.6 Å². The fraction of sp³-hybridized carbons (Fsp3) is 0.200. The number of benzene rings is 2. The highest BCUT2D eigenvalue weighted by atomic mass is 35.5. The number of carbonyl (C=O) groups is 1. The predicted molar refractivity (Wildman–Crippen MR) is 113 cm³/mol. The number of ether oxygens (including phenoxy) is 1. The molecule has 1 aromatic heterocycles. The van der Waals surface area contributed by atoms with Gasteiger partial charge in [0.2, 0.25) is 11.9 Å². The molecule has 0 spiro atoms. The molecule has 1 amide bonds. The van der Waals surface area contributed by atoms with E-state index in [0.29, 0.717) is 35.5 Å². The summed E-state index contributed by atoms with van der Waals surface area (Å²) in [6, 6.07) is 13.9. The minimum absolute atomic E-state index is 0.306. The van der Waals surface area contributed by atoms with Crippen molar-refractivity contribution in [3.8, 4) is 5.75 Å². The Morgan fingerprint density at radius 1 is 1.13 bits per heavy atom. The maximum atomic E-state index is 12.5. The molecule has 2 heterocycles. The Balaban J connectivity index is 1.62. The number of amides is 1. The summed E-state index contributed by atoms with van der Waals surface area (Å²) >= 11 is 5.92. The predicted octanol–water partition coefficient (Wildman–Crippen LogP) is 1.86. The number of nitrogens with one attached hydrogen (secondary N) is 1. The molecule has 2 aromatic carbocycles. The van der Waals surface area contributed by atoms with E-state index in [1.54, 1.807) is 43.5 Å². The van der Waals surface area contributed by atoms with E-state index >= 15 is 0 Å². The van der Waals surface area contributed by atoms with Crippen LogP contribution in [0.5, 0.6) is 5.75 Å². The second kappa shape index (κ2) is 8.03. The fourth-order valence-electron chi connectivity index (χ4n) is 3.24. The number of hydrogen-bond acceptors (Lipinski definition) is 6. The van der Waals surface area contributed by atoms with Gasteiger partial charge in [0.25, 0.3) is 0 Å². The van der Waals surface area contributed by atoms with Crippen molar-refractivity contribution in [1.82, 2.24) is 14.3 Å². The van der Waals surface area contributed by atoms with Gasteiger partial charge in [-0.25, -0.2) is 4.68 Å². The first-order valence-electron chi connectivity index (χ1n) is 9.15. The molecule has 9 nitrogen and oxygen atoms in total. The molecule has 0 atom stereocenters. The second-order valence-electron chi connectivity index (χ2n) is 6.63. The summed E-state index contributed by atoms with van der Waals surface area (Å²) in [7, 11) is 1.58. The Labute approximate surface area is 176 Å². The molecule has 10 heteroatoms. The van der Waals surface area contributed by atoms with E-state index in [1.165, 1.54) is 4.57 Å². The molecule has 0 saturated carbocycles. The van der Waals surface area contributed by atoms with Crippen molar-refractivity contribution in [1.29, 1.82) is 0 Å². The van der Waals surface area contributed by atoms with Crippen LogP contribution in [0.3, 0.4) is 0 Å². The molecule has 0 unspecified atom stereocenters. The SMILES string of the molecule is COc1ccc(N2CCn3c2nn(CC(=O)Nc2cccc(Cl)c2)c(=O)c3=O)cc1. The molecule has 1 aliphatic heterocycles. The van der Waals surface area contributed by atoms with Crippen LogP contribution in [0.4, 0.5) is 17.3 Å². The Kier molecular flexibility index (Phi) is 5.28. The fourth-order valence-corrected chi connectivity index (χ4v) is 3.43. The average molecular weight is 428 g/mol. The Morgan fingerprint density at radius 2 is 1.90 bits per heavy atom. The lowest BCUT2D eigenvalue weighted by atomic mass is 10.3. The van der Waals surface area contributed by atoms with Crippen LogP contribution in [0, 0.1) is 0 Å². The molecule has 154 valence electrons. The molecular formula is C20H18ClN5O4. The van der Waals surface area contributed by atoms with Gasteiger partial charge in [-0.05, 0) is 42.5 Å². The van der Waals surface area contributed by atoms with E-state index in [9.17, 15) is 14.4 Å². The van der Waals surface area contributed by atoms with Crippen molar-refractivity contribution < 1.29 is 9.53 Å². The normalized spacial score (nSPS) is 12.5. The number of methoxy groups -OCH3 is 1. The lowest BCUT2D eigenvalue weighted by Crippen LogP contribution is -2.44. The molecule has 30 heavy (non-hydrogen) atoms. The van der Waals surface area contributed by atoms with E-state index in [0.717, 1.165) is 10.4 Å². The number of halogens is 1. The topological polar surface area (TPSA) is 98.5 Å². The second-order valence-corrected chi connectivity index (χ2v) is 7.06. The van der Waals surface area contributed by atoms with Crippen LogP contribution in [-0.4, -0.2) is 33.9 Å². The van der Waals surface area contributed by atoms with E-state index in [1.807, 2.05) is 17.0 Å². The summed E-state index contributed by atoms with van der Waals surface area (Å²) in [6.45, 7) is 0.412. The molecule has 3 aromatic rings. The standard InChI is InChI=1S/C20H18ClN5O4/c1-30-16-7-5-15(6-8-16)24-9-10-25-18(28)19(29)26(23-20(24)25)12-17(27)22-14-4-2-3-13(21)11-14/h2-8,11H,9-10,12H2,1H3,(H,22,27). The van der Waals surface area contributed by atoms with Gasteiger partial charge in [0.1, 0.15) is 12.3 Å². The lowest BCUT2D eigenvalue weighted by Gasteiger charge is -2.18. The summed E-state index contributed by atoms with van der Waals surface area (Å²) < 4.78 is 7.37. The number of nitrogens with zero attached hydrogens (tertiary/aromatic N) is 4. The van der Waals surface area contributed by atoms with Crippen molar-refractivity contribution in [3.63, 3.8) is 0 Å². The number of hydrogen-bond donors (Lipinski definition) is 1. The highest BCUT2D eigenvalue weighted by Gasteiger charge is 2.26. The third-order valence-corrected chi connectivity index (χ3v) is 4.92. The molecule has 0 saturated heterocycles. The zero-order valence-electron chi connectivity index (χ0n) is 16.0. The van der Waals surface area contributed by atoms with Crippen LogP contribution in [0.2, 0.25) is 5.02 Å². The first-order chi connectivity index (χ1) is 14.5. The minimum atomic E-state index is -0.850. The van der Waals surface area contributed by atoms with Crippen molar-refractivity contribution in [2.75, 3.05) is 23.9 Å². The number of rotatable bonds is 5. The third kappa shape index (κ3) is 3.79. The molecule has 1 N–H and O–H groups in total. The summed E-state index contributed by atoms with van der Waals surface area (Å²) in [5, 5.41) is 7.40. The quantitative estimate of drug-likeness (QED) is 0.624. The Morgan fingerprint density at radius 3 is 2.60 bits per heavy atom. The van der Waals surface area contributed by atoms with Gasteiger partial charge in [-0.1, -0.05) is 17.7 Å². The van der Waals surface area contributed by atoms with Crippen LogP contribution in [-0.2, 0) is 17.9 Å². The molecule has 0 bridgehead atoms. The zero-order chi connectivity index (χ0) is 21.3. The number of fused-ring (bicyclic) bond motifs is 1. The van der Waals surface area contributed by atoms with Crippen LogP contribution >= 0.6 is 11.6 Å². The molecule has 0 fully saturated rings. The third-order valence-electron chi connectivity index (χ3n) is 4.69. The van der Waals surface area contributed by atoms with Gasteiger partial charge in [-0.15, -0.1) is 5.10 Å². The van der Waals surface area contributed by atoms with Crippen molar-refractivity contribution in [2.45, 2.75) is 13.1 Å². The summed E-state index contributed by atoms with van der Waals surface area (Å²) in [5.41, 5.74) is -0.288. The van der Waals surface area contributed by atoms with Crippen molar-refractivity contribution >= 4 is 34.8 Å². The van der Waals surface area contributed by atoms with Crippen molar-refractivity contribution in [2.24, 2.45) is 0 Å². The van der Waals surface area contributed by atoms with Crippen LogP contribution < -0.4 is 26.1 Å². The first kappa shape index (κ1) is 19.7. The molecule has 0 radical (unpaired) electrons. The summed E-state index contributed by atoms with van der Waals surface area (Å²) in [4.78, 5) is 39.2. The lowest BCUT2D eigenvalue weighted by molar-refractivity contribution is -0.117. The highest BCUT2D eigenvalue weighted by Crippen LogP contribution is 2.27. The van der Waals surface area contributed by atoms with Crippen LogP contribution in [0.25, 0.3) is 0 Å². The number of aromatic nitrogens is 3. The van der Waals surface area contributed by atoms with Gasteiger partial charge in [0, 0.05) is 29.5 Å². The molecular weight excluding hydrogens is 410 g/mol. The van der Waals surface area contributed by atoms with Crippen LogP contribution in [0.15, 0.2) is 58.1 Å². The summed E-state index contributed by atoms with van der Waals surface area (Å²) in [6.07, 6.45) is 0. The number of anilines is 3. The smallest absolute Gasteiger partial charge is 0.333 e. The van der Waals surface area contributed by atoms with Gasteiger partial charge in [0.05, 0.1) is 7.11 Å². The van der Waals surface area contributed by atoms with E-state index in [2.05, 4.69) is 10.4 Å². The van der Waals surface area contributed by atoms with Crippen molar-refractivity contribution in [3.05, 3.63) is 74.3 Å². The monoisotopic (exact) mass is 427 g/mol. The number of carbonyl (C=O) groups excluding carboxylic acids is 1. The molecule has 4 rings (SSSR count). The Bertz CT molecular complexity index is 1220. The maximum Gasteiger partial charge on any atom is 0.333 e. The van der Waals surface area contributed by atoms with Crippen LogP contribution in [0.1, 0.15) is 0 Å². The van der Waals surface area contributed by atoms with Gasteiger partial charge in [-0.3, -0.25) is 19.0 Å². The summed E-state index contributed by atoms with van der Waals surface area (Å²) in [5.74, 6) is 0.511. The molecule has 1 aliphatic rings. The van der Waals surface area contributed by atoms with E-state index in [-0.39, 0.29) is 0 Å². The highest BCUT2D eigenvalue weighted by molar-refractivity contribution is 6.30. The van der Waals surface area contributed by atoms with Gasteiger partial charge in [-0.2, -0.15) is 0 Å².